The van der Waals surface area contributed by atoms with Gasteiger partial charge in [-0.2, -0.15) is 5.10 Å². The Balaban J connectivity index is 2.84. The molecule has 0 aliphatic rings. The Morgan fingerprint density at radius 1 is 1.73 bits per heavy atom. The van der Waals surface area contributed by atoms with Crippen molar-refractivity contribution in [2.45, 2.75) is 6.92 Å². The van der Waals surface area contributed by atoms with Crippen LogP contribution in [-0.4, -0.2) is 22.7 Å². The highest BCUT2D eigenvalue weighted by Crippen LogP contribution is 2.06. The van der Waals surface area contributed by atoms with Crippen LogP contribution in [0.1, 0.15) is 6.92 Å². The number of aromatic nitrogens is 2. The number of carbonyl (C=O) groups excluding carboxylic acids is 1. The summed E-state index contributed by atoms with van der Waals surface area (Å²) in [6.45, 7) is 1.51. The molecule has 60 valence electrons. The topological polar surface area (TPSA) is 38.1 Å². The molecule has 0 spiro atoms. The first kappa shape index (κ1) is 7.78. The molecule has 0 saturated heterocycles. The van der Waals surface area contributed by atoms with Gasteiger partial charge in [-0.05, 0) is 0 Å². The summed E-state index contributed by atoms with van der Waals surface area (Å²) < 4.78 is 1.66. The van der Waals surface area contributed by atoms with Crippen molar-refractivity contribution in [1.29, 1.82) is 0 Å². The van der Waals surface area contributed by atoms with Crippen LogP contribution < -0.4 is 4.90 Å². The van der Waals surface area contributed by atoms with Gasteiger partial charge in [0.15, 0.2) is 5.82 Å². The summed E-state index contributed by atoms with van der Waals surface area (Å²) in [6, 6.07) is 1.79. The van der Waals surface area contributed by atoms with Crippen molar-refractivity contribution in [3.8, 4) is 0 Å². The third-order valence-corrected chi connectivity index (χ3v) is 1.52. The molecule has 11 heavy (non-hydrogen) atoms. The van der Waals surface area contributed by atoms with E-state index >= 15 is 0 Å². The van der Waals surface area contributed by atoms with Crippen molar-refractivity contribution < 1.29 is 4.79 Å². The fourth-order valence-corrected chi connectivity index (χ4v) is 0.743. The van der Waals surface area contributed by atoms with Crippen LogP contribution >= 0.6 is 0 Å². The highest BCUT2D eigenvalue weighted by Gasteiger charge is 2.06. The average molecular weight is 153 g/mol. The van der Waals surface area contributed by atoms with Gasteiger partial charge in [-0.25, -0.2) is 0 Å². The van der Waals surface area contributed by atoms with Crippen molar-refractivity contribution in [1.82, 2.24) is 9.78 Å². The summed E-state index contributed by atoms with van der Waals surface area (Å²) in [5, 5.41) is 4.05. The van der Waals surface area contributed by atoms with Crippen molar-refractivity contribution in [2.24, 2.45) is 7.05 Å². The van der Waals surface area contributed by atoms with Gasteiger partial charge in [-0.3, -0.25) is 14.4 Å². The van der Waals surface area contributed by atoms with Crippen LogP contribution in [-0.2, 0) is 11.8 Å². The zero-order valence-electron chi connectivity index (χ0n) is 6.90. The Labute approximate surface area is 65.4 Å². The van der Waals surface area contributed by atoms with E-state index in [1.807, 2.05) is 7.05 Å². The second-order valence-corrected chi connectivity index (χ2v) is 2.43. The third-order valence-electron chi connectivity index (χ3n) is 1.52. The molecule has 1 heterocycles. The van der Waals surface area contributed by atoms with Gasteiger partial charge >= 0.3 is 0 Å². The van der Waals surface area contributed by atoms with Gasteiger partial charge in [0.1, 0.15) is 0 Å². The first-order valence-corrected chi connectivity index (χ1v) is 3.35. The average Bonchev–Trinajstić information content (AvgIpc) is 2.34. The molecule has 1 rings (SSSR count). The van der Waals surface area contributed by atoms with E-state index in [9.17, 15) is 4.79 Å². The highest BCUT2D eigenvalue weighted by molar-refractivity contribution is 5.89. The minimum atomic E-state index is -0.0105. The lowest BCUT2D eigenvalue weighted by molar-refractivity contribution is -0.116. The molecule has 0 fully saturated rings. The molecule has 1 aromatic heterocycles. The van der Waals surface area contributed by atoms with E-state index in [-0.39, 0.29) is 5.91 Å². The Morgan fingerprint density at radius 2 is 2.36 bits per heavy atom. The van der Waals surface area contributed by atoms with Crippen LogP contribution in [0.15, 0.2) is 12.3 Å². The molecule has 4 heteroatoms. The molecule has 0 unspecified atom stereocenters. The molecular weight excluding hydrogens is 142 g/mol. The normalized spacial score (nSPS) is 9.73. The second-order valence-electron chi connectivity index (χ2n) is 2.43. The zero-order valence-corrected chi connectivity index (χ0v) is 6.90. The van der Waals surface area contributed by atoms with Gasteiger partial charge in [0, 0.05) is 33.3 Å². The smallest absolute Gasteiger partial charge is 0.224 e. The Hall–Kier alpha value is -1.32. The van der Waals surface area contributed by atoms with Crippen LogP contribution in [0.2, 0.25) is 0 Å². The number of hydrogen-bond donors (Lipinski definition) is 0. The van der Waals surface area contributed by atoms with Crippen molar-refractivity contribution in [3.05, 3.63) is 12.3 Å². The number of anilines is 1. The second kappa shape index (κ2) is 2.74. The van der Waals surface area contributed by atoms with Crippen LogP contribution in [0.5, 0.6) is 0 Å². The lowest BCUT2D eigenvalue weighted by Gasteiger charge is -2.09. The predicted octanol–water partition coefficient (Wildman–Crippen LogP) is 0.403. The van der Waals surface area contributed by atoms with Gasteiger partial charge in [0.2, 0.25) is 5.91 Å². The van der Waals surface area contributed by atoms with Crippen LogP contribution in [0.25, 0.3) is 0 Å². The summed E-state index contributed by atoms with van der Waals surface area (Å²) in [6.07, 6.45) is 1.80. The monoisotopic (exact) mass is 153 g/mol. The first-order valence-electron chi connectivity index (χ1n) is 3.35. The standard InChI is InChI=1S/C7H11N3O/c1-6(11)10(3)7-4-5-9(2)8-7/h4-5H,1-3H3. The van der Waals surface area contributed by atoms with Gasteiger partial charge in [-0.1, -0.05) is 0 Å². The lowest BCUT2D eigenvalue weighted by Crippen LogP contribution is -2.23. The van der Waals surface area contributed by atoms with E-state index in [0.717, 1.165) is 0 Å². The molecule has 0 aliphatic carbocycles. The number of hydrogen-bond acceptors (Lipinski definition) is 2. The number of aryl methyl sites for hydroxylation is 1. The molecule has 0 radical (unpaired) electrons. The van der Waals surface area contributed by atoms with E-state index in [1.165, 1.54) is 11.8 Å². The molecule has 0 atom stereocenters. The number of rotatable bonds is 1. The molecule has 0 bridgehead atoms. The molecule has 0 saturated carbocycles. The van der Waals surface area contributed by atoms with E-state index in [1.54, 1.807) is 24.0 Å². The summed E-state index contributed by atoms with van der Waals surface area (Å²) in [5.41, 5.74) is 0. The lowest BCUT2D eigenvalue weighted by atomic mass is 10.5. The van der Waals surface area contributed by atoms with E-state index in [2.05, 4.69) is 5.10 Å². The Kier molecular flexibility index (Phi) is 1.94. The molecule has 1 aromatic rings. The number of nitrogens with zero attached hydrogens (tertiary/aromatic N) is 3. The largest absolute Gasteiger partial charge is 0.299 e. The van der Waals surface area contributed by atoms with Crippen LogP contribution in [0, 0.1) is 0 Å². The van der Waals surface area contributed by atoms with Gasteiger partial charge in [0.25, 0.3) is 0 Å². The molecule has 0 N–H and O–H groups in total. The fourth-order valence-electron chi connectivity index (χ4n) is 0.743. The third kappa shape index (κ3) is 1.58. The number of carbonyl (C=O) groups is 1. The molecule has 0 aromatic carbocycles. The summed E-state index contributed by atoms with van der Waals surface area (Å²) in [5.74, 6) is 0.670. The van der Waals surface area contributed by atoms with Crippen LogP contribution in [0.4, 0.5) is 5.82 Å². The van der Waals surface area contributed by atoms with Gasteiger partial charge in [-0.15, -0.1) is 0 Å². The fraction of sp³-hybridized carbons (Fsp3) is 0.429. The van der Waals surface area contributed by atoms with E-state index in [4.69, 9.17) is 0 Å². The highest BCUT2D eigenvalue weighted by atomic mass is 16.2. The Morgan fingerprint density at radius 3 is 2.73 bits per heavy atom. The molecule has 0 aliphatic heterocycles. The molecular formula is C7H11N3O. The number of amides is 1. The van der Waals surface area contributed by atoms with E-state index < -0.39 is 0 Å². The zero-order chi connectivity index (χ0) is 8.43. The van der Waals surface area contributed by atoms with E-state index in [0.29, 0.717) is 5.82 Å². The minimum absolute atomic E-state index is 0.0105. The maximum absolute atomic E-state index is 10.8. The first-order chi connectivity index (χ1) is 5.11. The van der Waals surface area contributed by atoms with Crippen molar-refractivity contribution in [3.63, 3.8) is 0 Å². The summed E-state index contributed by atoms with van der Waals surface area (Å²) in [7, 11) is 3.52. The molecule has 4 nitrogen and oxygen atoms in total. The van der Waals surface area contributed by atoms with Crippen molar-refractivity contribution >= 4 is 11.7 Å². The van der Waals surface area contributed by atoms with Gasteiger partial charge < -0.3 is 0 Å². The van der Waals surface area contributed by atoms with Crippen molar-refractivity contribution in [2.75, 3.05) is 11.9 Å². The quantitative estimate of drug-likeness (QED) is 0.585. The summed E-state index contributed by atoms with van der Waals surface area (Å²) >= 11 is 0. The maximum atomic E-state index is 10.8. The minimum Gasteiger partial charge on any atom is -0.299 e. The van der Waals surface area contributed by atoms with Gasteiger partial charge in [0.05, 0.1) is 0 Å². The van der Waals surface area contributed by atoms with Crippen LogP contribution in [0.3, 0.4) is 0 Å². The predicted molar refractivity (Wildman–Crippen MR) is 42.3 cm³/mol. The molecule has 1 amide bonds. The maximum Gasteiger partial charge on any atom is 0.224 e. The Bertz CT molecular complexity index is 266. The SMILES string of the molecule is CC(=O)N(C)c1ccn(C)n1. The summed E-state index contributed by atoms with van der Waals surface area (Å²) in [4.78, 5) is 12.3.